The number of nitrogens with zero attached hydrogens (tertiary/aromatic N) is 1. The van der Waals surface area contributed by atoms with E-state index in [1.807, 2.05) is 19.1 Å². The van der Waals surface area contributed by atoms with Gasteiger partial charge in [0.05, 0.1) is 5.41 Å². The van der Waals surface area contributed by atoms with Gasteiger partial charge in [-0.05, 0) is 56.6 Å². The van der Waals surface area contributed by atoms with Crippen LogP contribution in [-0.2, 0) is 11.3 Å². The van der Waals surface area contributed by atoms with Gasteiger partial charge in [0, 0.05) is 16.6 Å². The first-order valence-electron chi connectivity index (χ1n) is 6.30. The molecule has 0 saturated carbocycles. The van der Waals surface area contributed by atoms with Crippen LogP contribution >= 0.6 is 23.2 Å². The van der Waals surface area contributed by atoms with Crippen LogP contribution in [0, 0.1) is 5.41 Å². The second-order valence-electron chi connectivity index (χ2n) is 5.42. The van der Waals surface area contributed by atoms with Crippen molar-refractivity contribution in [2.75, 3.05) is 13.1 Å². The molecule has 1 aromatic rings. The van der Waals surface area contributed by atoms with E-state index < -0.39 is 11.4 Å². The number of carbonyl (C=O) groups is 1. The molecule has 0 aliphatic carbocycles. The van der Waals surface area contributed by atoms with Gasteiger partial charge in [0.15, 0.2) is 0 Å². The van der Waals surface area contributed by atoms with Crippen LogP contribution < -0.4 is 0 Å². The van der Waals surface area contributed by atoms with Crippen LogP contribution in [0.5, 0.6) is 0 Å². The Hall–Kier alpha value is -0.770. The van der Waals surface area contributed by atoms with Gasteiger partial charge >= 0.3 is 5.97 Å². The predicted octanol–water partition coefficient (Wildman–Crippen LogP) is 3.68. The fourth-order valence-corrected chi connectivity index (χ4v) is 2.95. The number of carboxylic acid groups (broad SMARTS) is 1. The third-order valence-electron chi connectivity index (χ3n) is 3.80. The van der Waals surface area contributed by atoms with Crippen molar-refractivity contribution >= 4 is 29.2 Å². The Morgan fingerprint density at radius 1 is 1.26 bits per heavy atom. The molecule has 1 saturated heterocycles. The fourth-order valence-electron chi connectivity index (χ4n) is 2.38. The molecular formula is C14H17Cl2NO2. The average Bonchev–Trinajstić information content (AvgIpc) is 2.31. The van der Waals surface area contributed by atoms with Crippen LogP contribution in [0.1, 0.15) is 25.3 Å². The van der Waals surface area contributed by atoms with Gasteiger partial charge in [-0.2, -0.15) is 0 Å². The highest BCUT2D eigenvalue weighted by Crippen LogP contribution is 2.32. The summed E-state index contributed by atoms with van der Waals surface area (Å²) in [7, 11) is 0. The van der Waals surface area contributed by atoms with Gasteiger partial charge in [0.25, 0.3) is 0 Å². The Morgan fingerprint density at radius 2 is 1.79 bits per heavy atom. The largest absolute Gasteiger partial charge is 0.481 e. The summed E-state index contributed by atoms with van der Waals surface area (Å²) in [5.41, 5.74) is 0.485. The molecule has 0 aromatic heterocycles. The van der Waals surface area contributed by atoms with E-state index in [1.165, 1.54) is 0 Å². The molecule has 0 bridgehead atoms. The normalized spacial score (nSPS) is 19.3. The maximum atomic E-state index is 11.2. The molecule has 3 nitrogen and oxygen atoms in total. The molecule has 0 radical (unpaired) electrons. The molecule has 0 atom stereocenters. The topological polar surface area (TPSA) is 40.5 Å². The molecule has 104 valence electrons. The van der Waals surface area contributed by atoms with Crippen molar-refractivity contribution in [1.29, 1.82) is 0 Å². The minimum Gasteiger partial charge on any atom is -0.481 e. The number of likely N-dealkylation sites (tertiary alicyclic amines) is 1. The van der Waals surface area contributed by atoms with Crippen molar-refractivity contribution < 1.29 is 9.90 Å². The Bertz CT molecular complexity index is 462. The van der Waals surface area contributed by atoms with E-state index in [0.29, 0.717) is 22.9 Å². The van der Waals surface area contributed by atoms with Crippen molar-refractivity contribution in [3.05, 3.63) is 33.8 Å². The maximum absolute atomic E-state index is 11.2. The molecule has 19 heavy (non-hydrogen) atoms. The number of hydrogen-bond donors (Lipinski definition) is 1. The van der Waals surface area contributed by atoms with Crippen molar-refractivity contribution in [2.45, 2.75) is 26.3 Å². The lowest BCUT2D eigenvalue weighted by Gasteiger charge is -2.36. The molecule has 2 rings (SSSR count). The van der Waals surface area contributed by atoms with Crippen molar-refractivity contribution in [1.82, 2.24) is 4.90 Å². The summed E-state index contributed by atoms with van der Waals surface area (Å²) >= 11 is 11.9. The lowest BCUT2D eigenvalue weighted by atomic mass is 9.80. The van der Waals surface area contributed by atoms with E-state index >= 15 is 0 Å². The van der Waals surface area contributed by atoms with Gasteiger partial charge in [-0.25, -0.2) is 0 Å². The smallest absolute Gasteiger partial charge is 0.309 e. The molecule has 0 spiro atoms. The quantitative estimate of drug-likeness (QED) is 0.926. The van der Waals surface area contributed by atoms with Crippen LogP contribution in [0.3, 0.4) is 0 Å². The minimum atomic E-state index is -0.696. The van der Waals surface area contributed by atoms with Crippen molar-refractivity contribution in [2.24, 2.45) is 5.41 Å². The standard InChI is InChI=1S/C14H17Cl2NO2/c1-14(13(18)19)2-4-17(5-3-14)9-10-6-11(15)8-12(16)7-10/h6-8H,2-5,9H2,1H3,(H,18,19). The Balaban J connectivity index is 1.97. The third-order valence-corrected chi connectivity index (χ3v) is 4.24. The zero-order valence-electron chi connectivity index (χ0n) is 10.8. The molecule has 1 aromatic carbocycles. The molecule has 1 N–H and O–H groups in total. The summed E-state index contributed by atoms with van der Waals surface area (Å²) < 4.78 is 0. The van der Waals surface area contributed by atoms with Crippen LogP contribution in [0.4, 0.5) is 0 Å². The first-order valence-corrected chi connectivity index (χ1v) is 7.05. The van der Waals surface area contributed by atoms with Gasteiger partial charge in [0.2, 0.25) is 0 Å². The van der Waals surface area contributed by atoms with Crippen molar-refractivity contribution in [3.63, 3.8) is 0 Å². The first-order chi connectivity index (χ1) is 8.89. The van der Waals surface area contributed by atoms with E-state index in [9.17, 15) is 9.90 Å². The van der Waals surface area contributed by atoms with Gasteiger partial charge in [-0.1, -0.05) is 23.2 Å². The number of piperidine rings is 1. The molecule has 0 amide bonds. The number of hydrogen-bond acceptors (Lipinski definition) is 2. The molecule has 5 heteroatoms. The van der Waals surface area contributed by atoms with Crippen LogP contribution in [-0.4, -0.2) is 29.1 Å². The number of rotatable bonds is 3. The minimum absolute atomic E-state index is 0.581. The monoisotopic (exact) mass is 301 g/mol. The Morgan fingerprint density at radius 3 is 2.26 bits per heavy atom. The van der Waals surface area contributed by atoms with E-state index in [1.54, 1.807) is 6.07 Å². The van der Waals surface area contributed by atoms with Crippen LogP contribution in [0.25, 0.3) is 0 Å². The summed E-state index contributed by atoms with van der Waals surface area (Å²) in [6.07, 6.45) is 1.35. The van der Waals surface area contributed by atoms with Gasteiger partial charge in [0.1, 0.15) is 0 Å². The van der Waals surface area contributed by atoms with E-state index in [0.717, 1.165) is 25.2 Å². The lowest BCUT2D eigenvalue weighted by Crippen LogP contribution is -2.42. The van der Waals surface area contributed by atoms with Gasteiger partial charge in [-0.15, -0.1) is 0 Å². The molecule has 1 aliphatic rings. The third kappa shape index (κ3) is 3.62. The second-order valence-corrected chi connectivity index (χ2v) is 6.29. The van der Waals surface area contributed by atoms with E-state index in [4.69, 9.17) is 23.2 Å². The average molecular weight is 302 g/mol. The highest BCUT2D eigenvalue weighted by atomic mass is 35.5. The van der Waals surface area contributed by atoms with Crippen LogP contribution in [0.15, 0.2) is 18.2 Å². The Labute approximate surface area is 123 Å². The lowest BCUT2D eigenvalue weighted by molar-refractivity contribution is -0.150. The number of benzene rings is 1. The number of halogens is 2. The zero-order chi connectivity index (χ0) is 14.0. The summed E-state index contributed by atoms with van der Waals surface area (Å²) in [4.78, 5) is 13.4. The van der Waals surface area contributed by atoms with Crippen LogP contribution in [0.2, 0.25) is 10.0 Å². The Kier molecular flexibility index (Phi) is 4.39. The van der Waals surface area contributed by atoms with Crippen molar-refractivity contribution in [3.8, 4) is 0 Å². The summed E-state index contributed by atoms with van der Waals surface area (Å²) in [5.74, 6) is -0.696. The second kappa shape index (κ2) is 5.70. The van der Waals surface area contributed by atoms with E-state index in [-0.39, 0.29) is 0 Å². The highest BCUT2D eigenvalue weighted by molar-refractivity contribution is 6.34. The zero-order valence-corrected chi connectivity index (χ0v) is 12.3. The molecule has 1 fully saturated rings. The van der Waals surface area contributed by atoms with E-state index in [2.05, 4.69) is 4.90 Å². The molecule has 0 unspecified atom stereocenters. The fraction of sp³-hybridized carbons (Fsp3) is 0.500. The number of carboxylic acids is 1. The maximum Gasteiger partial charge on any atom is 0.309 e. The highest BCUT2D eigenvalue weighted by Gasteiger charge is 2.36. The number of aliphatic carboxylic acids is 1. The SMILES string of the molecule is CC1(C(=O)O)CCN(Cc2cc(Cl)cc(Cl)c2)CC1. The summed E-state index contributed by atoms with van der Waals surface area (Å²) in [6, 6.07) is 5.52. The summed E-state index contributed by atoms with van der Waals surface area (Å²) in [6.45, 7) is 4.15. The van der Waals surface area contributed by atoms with Gasteiger partial charge in [-0.3, -0.25) is 9.69 Å². The predicted molar refractivity (Wildman–Crippen MR) is 76.7 cm³/mol. The van der Waals surface area contributed by atoms with Gasteiger partial charge < -0.3 is 5.11 Å². The molecule has 1 aliphatic heterocycles. The molecular weight excluding hydrogens is 285 g/mol. The molecule has 1 heterocycles. The first kappa shape index (κ1) is 14.6. The summed E-state index contributed by atoms with van der Waals surface area (Å²) in [5, 5.41) is 10.5.